The maximum Gasteiger partial charge on any atom is 0.300 e. The normalized spacial score (nSPS) is 11.9. The van der Waals surface area contributed by atoms with Crippen LogP contribution in [-0.2, 0) is 6.54 Å². The zero-order valence-corrected chi connectivity index (χ0v) is 11.8. The van der Waals surface area contributed by atoms with Crippen LogP contribution in [0.4, 0.5) is 5.69 Å². The van der Waals surface area contributed by atoms with Crippen molar-refractivity contribution < 1.29 is 9.72 Å². The van der Waals surface area contributed by atoms with Crippen LogP contribution in [-0.4, -0.2) is 31.4 Å². The molecule has 0 saturated heterocycles. The van der Waals surface area contributed by atoms with Crippen molar-refractivity contribution in [1.82, 2.24) is 19.9 Å². The summed E-state index contributed by atoms with van der Waals surface area (Å²) in [7, 11) is 0. The summed E-state index contributed by atoms with van der Waals surface area (Å²) in [6, 6.07) is 0.942. The number of aromatic nitrogens is 3. The molecule has 2 aromatic heterocycles. The van der Waals surface area contributed by atoms with Crippen LogP contribution < -0.4 is 5.32 Å². The Hall–Kier alpha value is -2.48. The van der Waals surface area contributed by atoms with Gasteiger partial charge in [0.2, 0.25) is 0 Å². The minimum Gasteiger partial charge on any atom is -0.348 e. The Morgan fingerprint density at radius 1 is 1.62 bits per heavy atom. The topological polar surface area (TPSA) is 103 Å². The number of amides is 1. The molecule has 110 valence electrons. The van der Waals surface area contributed by atoms with Crippen LogP contribution in [0, 0.1) is 10.1 Å². The van der Waals surface area contributed by atoms with Crippen molar-refractivity contribution in [3.63, 3.8) is 0 Å². The predicted molar refractivity (Wildman–Crippen MR) is 75.1 cm³/mol. The van der Waals surface area contributed by atoms with Crippen LogP contribution in [0.1, 0.15) is 17.3 Å². The first-order chi connectivity index (χ1) is 9.97. The Bertz CT molecular complexity index is 659. The van der Waals surface area contributed by atoms with Crippen LogP contribution in [0.15, 0.2) is 31.0 Å². The number of carbonyl (C=O) groups excluding carboxylic acids is 1. The molecule has 0 bridgehead atoms. The summed E-state index contributed by atoms with van der Waals surface area (Å²) < 4.78 is 1.79. The Morgan fingerprint density at radius 2 is 2.38 bits per heavy atom. The molecule has 2 rings (SSSR count). The summed E-state index contributed by atoms with van der Waals surface area (Å²) in [5, 5.41) is 13.6. The lowest BCUT2D eigenvalue weighted by Gasteiger charge is -2.14. The number of halogens is 1. The molecule has 0 aliphatic carbocycles. The van der Waals surface area contributed by atoms with Crippen LogP contribution in [0.3, 0.4) is 0 Å². The van der Waals surface area contributed by atoms with E-state index in [0.29, 0.717) is 6.54 Å². The van der Waals surface area contributed by atoms with Gasteiger partial charge >= 0.3 is 0 Å². The summed E-state index contributed by atoms with van der Waals surface area (Å²) in [5.41, 5.74) is -0.496. The first-order valence-corrected chi connectivity index (χ1v) is 6.41. The number of hydrogen-bond donors (Lipinski definition) is 1. The maximum absolute atomic E-state index is 12.1. The smallest absolute Gasteiger partial charge is 0.300 e. The maximum atomic E-state index is 12.1. The van der Waals surface area contributed by atoms with E-state index in [1.54, 1.807) is 30.2 Å². The number of nitrogens with one attached hydrogen (secondary N) is 1. The van der Waals surface area contributed by atoms with E-state index < -0.39 is 10.8 Å². The molecule has 0 spiro atoms. The fraction of sp³-hybridized carbons (Fsp3) is 0.250. The minimum atomic E-state index is -0.668. The van der Waals surface area contributed by atoms with E-state index in [1.165, 1.54) is 6.07 Å². The molecule has 9 heteroatoms. The highest BCUT2D eigenvalue weighted by atomic mass is 35.5. The summed E-state index contributed by atoms with van der Waals surface area (Å²) in [6.07, 6.45) is 5.97. The molecule has 1 atom stereocenters. The van der Waals surface area contributed by atoms with Crippen molar-refractivity contribution in [3.05, 3.63) is 51.8 Å². The lowest BCUT2D eigenvalue weighted by atomic mass is 10.2. The number of pyridine rings is 1. The van der Waals surface area contributed by atoms with Gasteiger partial charge in [-0.2, -0.15) is 0 Å². The second-order valence-corrected chi connectivity index (χ2v) is 4.80. The number of carbonyl (C=O) groups is 1. The van der Waals surface area contributed by atoms with Gasteiger partial charge in [0.05, 0.1) is 11.3 Å². The summed E-state index contributed by atoms with van der Waals surface area (Å²) in [5.74, 6) is -0.571. The average Bonchev–Trinajstić information content (AvgIpc) is 2.90. The second-order valence-electron chi connectivity index (χ2n) is 4.42. The molecular formula is C12H12ClN5O3. The summed E-state index contributed by atoms with van der Waals surface area (Å²) >= 11 is 5.69. The monoisotopic (exact) mass is 309 g/mol. The van der Waals surface area contributed by atoms with Crippen molar-refractivity contribution in [2.45, 2.75) is 19.5 Å². The average molecular weight is 310 g/mol. The fourth-order valence-electron chi connectivity index (χ4n) is 1.81. The van der Waals surface area contributed by atoms with Crippen LogP contribution in [0.25, 0.3) is 0 Å². The van der Waals surface area contributed by atoms with Crippen molar-refractivity contribution in [3.8, 4) is 0 Å². The predicted octanol–water partition coefficient (Wildman–Crippen LogP) is 1.66. The molecule has 1 N–H and O–H groups in total. The van der Waals surface area contributed by atoms with Gasteiger partial charge in [-0.3, -0.25) is 14.9 Å². The van der Waals surface area contributed by atoms with E-state index >= 15 is 0 Å². The van der Waals surface area contributed by atoms with Crippen molar-refractivity contribution in [1.29, 1.82) is 0 Å². The molecule has 21 heavy (non-hydrogen) atoms. The lowest BCUT2D eigenvalue weighted by molar-refractivity contribution is -0.385. The van der Waals surface area contributed by atoms with Gasteiger partial charge in [0.15, 0.2) is 0 Å². The van der Waals surface area contributed by atoms with Gasteiger partial charge in [-0.05, 0) is 13.0 Å². The Balaban J connectivity index is 2.12. The van der Waals surface area contributed by atoms with E-state index in [2.05, 4.69) is 15.3 Å². The third-order valence-corrected chi connectivity index (χ3v) is 2.92. The highest BCUT2D eigenvalue weighted by molar-refractivity contribution is 6.29. The molecule has 2 aromatic rings. The molecule has 0 saturated carbocycles. The van der Waals surface area contributed by atoms with E-state index in [4.69, 9.17) is 11.6 Å². The molecule has 0 fully saturated rings. The highest BCUT2D eigenvalue weighted by Gasteiger charge is 2.22. The lowest BCUT2D eigenvalue weighted by Crippen LogP contribution is -2.35. The quantitative estimate of drug-likeness (QED) is 0.514. The van der Waals surface area contributed by atoms with Gasteiger partial charge in [-0.1, -0.05) is 11.6 Å². The molecule has 0 aliphatic heterocycles. The second kappa shape index (κ2) is 6.31. The standard InChI is InChI=1S/C12H12ClN5O3/c1-8(6-17-3-2-14-7-17)16-12(19)9-4-11(13)15-5-10(9)18(20)21/h2-5,7-8H,6H2,1H3,(H,16,19). The van der Waals surface area contributed by atoms with Crippen molar-refractivity contribution in [2.24, 2.45) is 0 Å². The Labute approximate surface area is 124 Å². The highest BCUT2D eigenvalue weighted by Crippen LogP contribution is 2.20. The van der Waals surface area contributed by atoms with E-state index in [1.807, 2.05) is 0 Å². The Kier molecular flexibility index (Phi) is 4.49. The van der Waals surface area contributed by atoms with Crippen LogP contribution in [0.2, 0.25) is 5.15 Å². The molecular weight excluding hydrogens is 298 g/mol. The number of imidazole rings is 1. The molecule has 1 unspecified atom stereocenters. The van der Waals surface area contributed by atoms with Gasteiger partial charge in [0.1, 0.15) is 16.9 Å². The summed E-state index contributed by atoms with van der Waals surface area (Å²) in [4.78, 5) is 29.9. The number of hydrogen-bond acceptors (Lipinski definition) is 5. The van der Waals surface area contributed by atoms with Crippen molar-refractivity contribution in [2.75, 3.05) is 0 Å². The van der Waals surface area contributed by atoms with E-state index in [-0.39, 0.29) is 22.4 Å². The molecule has 0 aromatic carbocycles. The van der Waals surface area contributed by atoms with Crippen LogP contribution in [0.5, 0.6) is 0 Å². The van der Waals surface area contributed by atoms with Gasteiger partial charge in [-0.15, -0.1) is 0 Å². The summed E-state index contributed by atoms with van der Waals surface area (Å²) in [6.45, 7) is 2.28. The number of nitrogens with zero attached hydrogens (tertiary/aromatic N) is 4. The first kappa shape index (κ1) is 14.9. The zero-order chi connectivity index (χ0) is 15.4. The molecule has 8 nitrogen and oxygen atoms in total. The van der Waals surface area contributed by atoms with Gasteiger partial charge < -0.3 is 9.88 Å². The van der Waals surface area contributed by atoms with Gasteiger partial charge in [-0.25, -0.2) is 9.97 Å². The third kappa shape index (κ3) is 3.76. The third-order valence-electron chi connectivity index (χ3n) is 2.71. The number of nitro groups is 1. The first-order valence-electron chi connectivity index (χ1n) is 6.04. The van der Waals surface area contributed by atoms with Crippen molar-refractivity contribution >= 4 is 23.2 Å². The SMILES string of the molecule is CC(Cn1ccnc1)NC(=O)c1cc(Cl)ncc1[N+](=O)[O-]. The minimum absolute atomic E-state index is 0.0213. The molecule has 2 heterocycles. The zero-order valence-electron chi connectivity index (χ0n) is 11.1. The fourth-order valence-corrected chi connectivity index (χ4v) is 1.97. The van der Waals surface area contributed by atoms with Gasteiger partial charge in [0.25, 0.3) is 11.6 Å². The largest absolute Gasteiger partial charge is 0.348 e. The van der Waals surface area contributed by atoms with E-state index in [9.17, 15) is 14.9 Å². The molecule has 0 radical (unpaired) electrons. The number of rotatable bonds is 5. The molecule has 0 aliphatic rings. The Morgan fingerprint density at radius 3 is 3.00 bits per heavy atom. The van der Waals surface area contributed by atoms with Gasteiger partial charge in [0, 0.05) is 25.0 Å². The van der Waals surface area contributed by atoms with Crippen LogP contribution >= 0.6 is 11.6 Å². The molecule has 1 amide bonds. The van der Waals surface area contributed by atoms with E-state index in [0.717, 1.165) is 6.20 Å².